The van der Waals surface area contributed by atoms with Gasteiger partial charge in [0.1, 0.15) is 0 Å². The Morgan fingerprint density at radius 2 is 1.94 bits per heavy atom. The zero-order valence-corrected chi connectivity index (χ0v) is 8.15. The molecule has 1 aromatic carbocycles. The lowest BCUT2D eigenvalue weighted by Crippen LogP contribution is -1.94. The number of aromatic nitrogens is 1. The Hall–Kier alpha value is -2.17. The molecule has 0 spiro atoms. The third-order valence-electron chi connectivity index (χ3n) is 1.89. The fourth-order valence-electron chi connectivity index (χ4n) is 1.13. The van der Waals surface area contributed by atoms with Gasteiger partial charge in [0.25, 0.3) is 0 Å². The van der Waals surface area contributed by atoms with Gasteiger partial charge < -0.3 is 10.5 Å². The Labute approximate surface area is 90.5 Å². The first-order valence-electron chi connectivity index (χ1n) is 4.50. The largest absolute Gasteiger partial charge is 0.436 e. The van der Waals surface area contributed by atoms with Crippen LogP contribution in [0.4, 0.5) is 14.5 Å². The van der Waals surface area contributed by atoms with Gasteiger partial charge in [-0.3, -0.25) is 0 Å². The van der Waals surface area contributed by atoms with Crippen molar-refractivity contribution < 1.29 is 13.5 Å². The van der Waals surface area contributed by atoms with Gasteiger partial charge >= 0.3 is 0 Å². The normalized spacial score (nSPS) is 10.1. The molecule has 0 bridgehead atoms. The van der Waals surface area contributed by atoms with Crippen LogP contribution in [0.1, 0.15) is 0 Å². The number of ether oxygens (including phenoxy) is 1. The van der Waals surface area contributed by atoms with Gasteiger partial charge in [-0.15, -0.1) is 0 Å². The SMILES string of the molecule is Nc1ccc(Oc2cccc(F)c2F)nc1. The average Bonchev–Trinajstić information content (AvgIpc) is 2.28. The van der Waals surface area contributed by atoms with Gasteiger partial charge in [0.15, 0.2) is 11.6 Å². The molecular formula is C11H8F2N2O. The summed E-state index contributed by atoms with van der Waals surface area (Å²) in [6, 6.07) is 6.71. The summed E-state index contributed by atoms with van der Waals surface area (Å²) in [5, 5.41) is 0. The van der Waals surface area contributed by atoms with Crippen molar-refractivity contribution >= 4 is 5.69 Å². The molecule has 0 amide bonds. The van der Waals surface area contributed by atoms with Crippen molar-refractivity contribution in [1.29, 1.82) is 0 Å². The molecular weight excluding hydrogens is 214 g/mol. The van der Waals surface area contributed by atoms with Crippen molar-refractivity contribution in [3.63, 3.8) is 0 Å². The number of nitrogen functional groups attached to an aromatic ring is 1. The average molecular weight is 222 g/mol. The van der Waals surface area contributed by atoms with Crippen LogP contribution in [-0.2, 0) is 0 Å². The summed E-state index contributed by atoms with van der Waals surface area (Å²) in [5.41, 5.74) is 5.89. The third kappa shape index (κ3) is 2.08. The minimum atomic E-state index is -1.04. The molecule has 0 aliphatic rings. The van der Waals surface area contributed by atoms with E-state index in [2.05, 4.69) is 4.98 Å². The molecule has 3 nitrogen and oxygen atoms in total. The maximum atomic E-state index is 13.2. The Morgan fingerprint density at radius 1 is 1.12 bits per heavy atom. The van der Waals surface area contributed by atoms with Crippen LogP contribution >= 0.6 is 0 Å². The molecule has 0 saturated heterocycles. The van der Waals surface area contributed by atoms with Crippen LogP contribution in [0.15, 0.2) is 36.5 Å². The van der Waals surface area contributed by atoms with E-state index in [1.165, 1.54) is 24.4 Å². The quantitative estimate of drug-likeness (QED) is 0.849. The number of anilines is 1. The van der Waals surface area contributed by atoms with Crippen LogP contribution in [0.5, 0.6) is 11.6 Å². The first-order valence-corrected chi connectivity index (χ1v) is 4.50. The van der Waals surface area contributed by atoms with E-state index in [9.17, 15) is 8.78 Å². The van der Waals surface area contributed by atoms with Crippen LogP contribution in [0.25, 0.3) is 0 Å². The first-order chi connectivity index (χ1) is 7.66. The lowest BCUT2D eigenvalue weighted by Gasteiger charge is -2.05. The number of halogens is 2. The van der Waals surface area contributed by atoms with Gasteiger partial charge in [0.2, 0.25) is 11.7 Å². The van der Waals surface area contributed by atoms with Gasteiger partial charge in [-0.05, 0) is 18.2 Å². The first kappa shape index (κ1) is 10.4. The van der Waals surface area contributed by atoms with Crippen LogP contribution < -0.4 is 10.5 Å². The third-order valence-corrected chi connectivity index (χ3v) is 1.89. The number of rotatable bonds is 2. The van der Waals surface area contributed by atoms with E-state index in [4.69, 9.17) is 10.5 Å². The Kier molecular flexibility index (Phi) is 2.68. The molecule has 0 fully saturated rings. The van der Waals surface area contributed by atoms with E-state index in [1.54, 1.807) is 6.07 Å². The molecule has 0 atom stereocenters. The molecule has 0 saturated carbocycles. The second-order valence-electron chi connectivity index (χ2n) is 3.08. The molecule has 5 heteroatoms. The summed E-state index contributed by atoms with van der Waals surface area (Å²) in [6.45, 7) is 0. The summed E-state index contributed by atoms with van der Waals surface area (Å²) in [4.78, 5) is 3.81. The maximum Gasteiger partial charge on any atom is 0.219 e. The van der Waals surface area contributed by atoms with E-state index in [1.807, 2.05) is 0 Å². The molecule has 0 aliphatic heterocycles. The maximum absolute atomic E-state index is 13.2. The van der Waals surface area contributed by atoms with Crippen molar-refractivity contribution in [2.75, 3.05) is 5.73 Å². The molecule has 1 heterocycles. The van der Waals surface area contributed by atoms with Crippen molar-refractivity contribution in [2.45, 2.75) is 0 Å². The zero-order chi connectivity index (χ0) is 11.5. The van der Waals surface area contributed by atoms with Crippen LogP contribution in [0, 0.1) is 11.6 Å². The van der Waals surface area contributed by atoms with E-state index in [-0.39, 0.29) is 11.6 Å². The summed E-state index contributed by atoms with van der Waals surface area (Å²) in [5.74, 6) is -2.06. The summed E-state index contributed by atoms with van der Waals surface area (Å²) in [6.07, 6.45) is 1.37. The number of pyridine rings is 1. The van der Waals surface area contributed by atoms with Gasteiger partial charge in [0, 0.05) is 6.07 Å². The number of hydrogen-bond donors (Lipinski definition) is 1. The minimum absolute atomic E-state index is 0.152. The predicted molar refractivity (Wildman–Crippen MR) is 55.1 cm³/mol. The highest BCUT2D eigenvalue weighted by atomic mass is 19.2. The number of hydrogen-bond acceptors (Lipinski definition) is 3. The molecule has 0 aliphatic carbocycles. The van der Waals surface area contributed by atoms with Gasteiger partial charge in [-0.1, -0.05) is 6.07 Å². The zero-order valence-electron chi connectivity index (χ0n) is 8.15. The summed E-state index contributed by atoms with van der Waals surface area (Å²) in [7, 11) is 0. The van der Waals surface area contributed by atoms with Crippen LogP contribution in [-0.4, -0.2) is 4.98 Å². The summed E-state index contributed by atoms with van der Waals surface area (Å²) >= 11 is 0. The fraction of sp³-hybridized carbons (Fsp3) is 0. The minimum Gasteiger partial charge on any atom is -0.436 e. The molecule has 82 valence electrons. The number of benzene rings is 1. The lowest BCUT2D eigenvalue weighted by molar-refractivity contribution is 0.405. The molecule has 1 aromatic heterocycles. The van der Waals surface area contributed by atoms with Crippen molar-refractivity contribution in [2.24, 2.45) is 0 Å². The van der Waals surface area contributed by atoms with E-state index in [0.717, 1.165) is 6.07 Å². The molecule has 2 rings (SSSR count). The van der Waals surface area contributed by atoms with Crippen molar-refractivity contribution in [1.82, 2.24) is 4.98 Å². The Morgan fingerprint density at radius 3 is 2.62 bits per heavy atom. The number of nitrogens with zero attached hydrogens (tertiary/aromatic N) is 1. The van der Waals surface area contributed by atoms with Gasteiger partial charge in [0.05, 0.1) is 11.9 Å². The Bertz CT molecular complexity index is 500. The van der Waals surface area contributed by atoms with Crippen LogP contribution in [0.2, 0.25) is 0 Å². The monoisotopic (exact) mass is 222 g/mol. The van der Waals surface area contributed by atoms with E-state index in [0.29, 0.717) is 5.69 Å². The lowest BCUT2D eigenvalue weighted by atomic mass is 10.3. The smallest absolute Gasteiger partial charge is 0.219 e. The van der Waals surface area contributed by atoms with Crippen molar-refractivity contribution in [3.05, 3.63) is 48.2 Å². The molecule has 0 unspecified atom stereocenters. The van der Waals surface area contributed by atoms with Gasteiger partial charge in [-0.25, -0.2) is 9.37 Å². The molecule has 2 aromatic rings. The van der Waals surface area contributed by atoms with E-state index >= 15 is 0 Å². The molecule has 2 N–H and O–H groups in total. The second kappa shape index (κ2) is 4.14. The predicted octanol–water partition coefficient (Wildman–Crippen LogP) is 2.73. The van der Waals surface area contributed by atoms with Crippen LogP contribution in [0.3, 0.4) is 0 Å². The standard InChI is InChI=1S/C11H8F2N2O/c12-8-2-1-3-9(11(8)13)16-10-5-4-7(14)6-15-10/h1-6H,14H2. The van der Waals surface area contributed by atoms with E-state index < -0.39 is 11.6 Å². The second-order valence-corrected chi connectivity index (χ2v) is 3.08. The highest BCUT2D eigenvalue weighted by Crippen LogP contribution is 2.24. The number of nitrogens with two attached hydrogens (primary N) is 1. The highest BCUT2D eigenvalue weighted by Gasteiger charge is 2.09. The topological polar surface area (TPSA) is 48.1 Å². The molecule has 16 heavy (non-hydrogen) atoms. The van der Waals surface area contributed by atoms with Crippen molar-refractivity contribution in [3.8, 4) is 11.6 Å². The highest BCUT2D eigenvalue weighted by molar-refractivity contribution is 5.37. The fourth-order valence-corrected chi connectivity index (χ4v) is 1.13. The van der Waals surface area contributed by atoms with Gasteiger partial charge in [-0.2, -0.15) is 4.39 Å². The molecule has 0 radical (unpaired) electrons. The Balaban J connectivity index is 2.27. The summed E-state index contributed by atoms with van der Waals surface area (Å²) < 4.78 is 31.1.